The number of benzene rings is 1. The molecule has 2 unspecified atom stereocenters. The van der Waals surface area contributed by atoms with Gasteiger partial charge in [-0.05, 0) is 50.9 Å². The van der Waals surface area contributed by atoms with Gasteiger partial charge in [-0.25, -0.2) is 4.99 Å². The molecule has 1 aromatic heterocycles. The predicted octanol–water partition coefficient (Wildman–Crippen LogP) is 3.48. The number of aromatic nitrogens is 1. The van der Waals surface area contributed by atoms with E-state index < -0.39 is 6.29 Å². The van der Waals surface area contributed by atoms with Gasteiger partial charge in [0.1, 0.15) is 0 Å². The highest BCUT2D eigenvalue weighted by molar-refractivity contribution is 6.05. The Bertz CT molecular complexity index is 1040. The maximum atomic E-state index is 6.61. The normalized spacial score (nSPS) is 24.7. The van der Waals surface area contributed by atoms with E-state index >= 15 is 0 Å². The maximum absolute atomic E-state index is 6.61. The molecular formula is C26H38N8. The fourth-order valence-electron chi connectivity index (χ4n) is 5.82. The molecule has 1 saturated heterocycles. The Balaban J connectivity index is 1.43. The highest BCUT2D eigenvalue weighted by Gasteiger charge is 2.33. The number of aliphatic imine (C=N–C) groups is 2. The van der Waals surface area contributed by atoms with E-state index in [0.717, 1.165) is 29.7 Å². The van der Waals surface area contributed by atoms with Crippen LogP contribution in [0.2, 0.25) is 0 Å². The molecule has 1 aliphatic carbocycles. The molecule has 2 fully saturated rings. The Kier molecular flexibility index (Phi) is 6.97. The van der Waals surface area contributed by atoms with Gasteiger partial charge in [-0.15, -0.1) is 0 Å². The zero-order valence-electron chi connectivity index (χ0n) is 20.3. The van der Waals surface area contributed by atoms with E-state index in [1.54, 1.807) is 11.1 Å². The molecule has 2 aliphatic heterocycles. The van der Waals surface area contributed by atoms with Crippen molar-refractivity contribution in [2.45, 2.75) is 76.7 Å². The Morgan fingerprint density at radius 3 is 2.62 bits per heavy atom. The molecule has 0 radical (unpaired) electrons. The molecule has 4 N–H and O–H groups in total. The number of guanidine groups is 2. The highest BCUT2D eigenvalue weighted by atomic mass is 15.5. The van der Waals surface area contributed by atoms with E-state index in [1.807, 2.05) is 30.3 Å². The van der Waals surface area contributed by atoms with E-state index in [9.17, 15) is 0 Å². The lowest BCUT2D eigenvalue weighted by Crippen LogP contribution is -2.55. The molecule has 8 heteroatoms. The zero-order chi connectivity index (χ0) is 23.5. The van der Waals surface area contributed by atoms with Crippen LogP contribution in [0, 0.1) is 0 Å². The van der Waals surface area contributed by atoms with Crippen LogP contribution in [-0.4, -0.2) is 64.7 Å². The predicted molar refractivity (Wildman–Crippen MR) is 140 cm³/mol. The van der Waals surface area contributed by atoms with Gasteiger partial charge in [-0.3, -0.25) is 20.5 Å². The SMILES string of the molecule is CCN1CCCC1CN(C1=NC(N)N(c2cnc3ccccc3c2)C(N)=N1)C1CCCCCC1. The van der Waals surface area contributed by atoms with Crippen LogP contribution in [0.25, 0.3) is 10.9 Å². The minimum Gasteiger partial charge on any atom is -0.369 e. The third kappa shape index (κ3) is 4.74. The van der Waals surface area contributed by atoms with Crippen molar-refractivity contribution in [1.82, 2.24) is 14.8 Å². The van der Waals surface area contributed by atoms with Gasteiger partial charge >= 0.3 is 0 Å². The van der Waals surface area contributed by atoms with Crippen LogP contribution in [0.1, 0.15) is 58.3 Å². The smallest absolute Gasteiger partial charge is 0.227 e. The zero-order valence-corrected chi connectivity index (χ0v) is 20.3. The van der Waals surface area contributed by atoms with E-state index in [1.165, 1.54) is 57.9 Å². The van der Waals surface area contributed by atoms with Crippen molar-refractivity contribution in [2.75, 3.05) is 24.5 Å². The van der Waals surface area contributed by atoms with E-state index in [2.05, 4.69) is 21.7 Å². The fraction of sp³-hybridized carbons (Fsp3) is 0.577. The number of para-hydroxylation sites is 1. The first-order chi connectivity index (χ1) is 16.6. The minimum atomic E-state index is -0.630. The van der Waals surface area contributed by atoms with Crippen molar-refractivity contribution in [3.8, 4) is 0 Å². The maximum Gasteiger partial charge on any atom is 0.227 e. The van der Waals surface area contributed by atoms with Crippen LogP contribution in [-0.2, 0) is 0 Å². The molecular weight excluding hydrogens is 424 g/mol. The molecule has 5 rings (SSSR count). The number of rotatable bonds is 5. The van der Waals surface area contributed by atoms with Crippen LogP contribution in [0.15, 0.2) is 46.5 Å². The molecule has 182 valence electrons. The summed E-state index contributed by atoms with van der Waals surface area (Å²) in [5.74, 6) is 1.08. The quantitative estimate of drug-likeness (QED) is 0.660. The summed E-state index contributed by atoms with van der Waals surface area (Å²) in [6.07, 6.45) is 11.2. The number of anilines is 1. The van der Waals surface area contributed by atoms with Crippen LogP contribution in [0.5, 0.6) is 0 Å². The molecule has 0 bridgehead atoms. The van der Waals surface area contributed by atoms with Gasteiger partial charge in [0.25, 0.3) is 0 Å². The minimum absolute atomic E-state index is 0.381. The van der Waals surface area contributed by atoms with Crippen molar-refractivity contribution in [3.05, 3.63) is 36.5 Å². The molecule has 3 aliphatic rings. The Morgan fingerprint density at radius 1 is 1.06 bits per heavy atom. The summed E-state index contributed by atoms with van der Waals surface area (Å²) in [6, 6.07) is 11.1. The van der Waals surface area contributed by atoms with Crippen molar-refractivity contribution in [3.63, 3.8) is 0 Å². The molecule has 0 spiro atoms. The number of hydrogen-bond acceptors (Lipinski definition) is 8. The molecule has 0 amide bonds. The van der Waals surface area contributed by atoms with Crippen molar-refractivity contribution >= 4 is 28.5 Å². The van der Waals surface area contributed by atoms with Crippen LogP contribution < -0.4 is 16.4 Å². The fourth-order valence-corrected chi connectivity index (χ4v) is 5.82. The van der Waals surface area contributed by atoms with Crippen LogP contribution >= 0.6 is 0 Å². The standard InChI is InChI=1S/C26H38N8/c1-2-32-15-9-13-21(32)18-33(20-11-5-3-4-6-12-20)26-30-24(27)34(25(28)31-26)22-16-19-10-7-8-14-23(19)29-17-22/h7-8,10,14,16-17,20-21,24H,2-6,9,11-13,15,18,27H2,1H3,(H2,28,30,31). The molecule has 3 heterocycles. The lowest BCUT2D eigenvalue weighted by Gasteiger charge is -2.39. The summed E-state index contributed by atoms with van der Waals surface area (Å²) >= 11 is 0. The molecule has 34 heavy (non-hydrogen) atoms. The Morgan fingerprint density at radius 2 is 1.85 bits per heavy atom. The highest BCUT2D eigenvalue weighted by Crippen LogP contribution is 2.28. The third-order valence-corrected chi connectivity index (χ3v) is 7.66. The summed E-state index contributed by atoms with van der Waals surface area (Å²) < 4.78 is 0. The van der Waals surface area contributed by atoms with Gasteiger partial charge in [0, 0.05) is 24.0 Å². The number of hydrogen-bond donors (Lipinski definition) is 2. The van der Waals surface area contributed by atoms with Gasteiger partial charge in [0.05, 0.1) is 17.4 Å². The summed E-state index contributed by atoms with van der Waals surface area (Å²) in [4.78, 5) is 21.1. The lowest BCUT2D eigenvalue weighted by molar-refractivity contribution is 0.186. The molecule has 1 saturated carbocycles. The van der Waals surface area contributed by atoms with E-state index in [4.69, 9.17) is 21.5 Å². The third-order valence-electron chi connectivity index (χ3n) is 7.66. The number of nitrogens with zero attached hydrogens (tertiary/aromatic N) is 6. The summed E-state index contributed by atoms with van der Waals surface area (Å²) in [7, 11) is 0. The van der Waals surface area contributed by atoms with Gasteiger partial charge in [0.2, 0.25) is 11.9 Å². The van der Waals surface area contributed by atoms with Crippen LogP contribution in [0.4, 0.5) is 5.69 Å². The summed E-state index contributed by atoms with van der Waals surface area (Å²) in [5.41, 5.74) is 14.9. The topological polar surface area (TPSA) is 99.4 Å². The van der Waals surface area contributed by atoms with Gasteiger partial charge in [0.15, 0.2) is 6.29 Å². The second-order valence-electron chi connectivity index (χ2n) is 9.79. The van der Waals surface area contributed by atoms with E-state index in [-0.39, 0.29) is 0 Å². The van der Waals surface area contributed by atoms with Gasteiger partial charge < -0.3 is 10.6 Å². The first-order valence-electron chi connectivity index (χ1n) is 13.0. The van der Waals surface area contributed by atoms with Gasteiger partial charge in [-0.1, -0.05) is 50.8 Å². The number of pyridine rings is 1. The van der Waals surface area contributed by atoms with Crippen molar-refractivity contribution in [1.29, 1.82) is 0 Å². The second kappa shape index (κ2) is 10.3. The first kappa shape index (κ1) is 23.1. The number of likely N-dealkylation sites (tertiary alicyclic amines) is 1. The Labute approximate surface area is 202 Å². The Hall–Kier alpha value is -2.71. The average Bonchev–Trinajstić information content (AvgIpc) is 3.13. The second-order valence-corrected chi connectivity index (χ2v) is 9.79. The lowest BCUT2D eigenvalue weighted by atomic mass is 10.1. The monoisotopic (exact) mass is 462 g/mol. The largest absolute Gasteiger partial charge is 0.369 e. The molecule has 2 aromatic rings. The number of nitrogens with two attached hydrogens (primary N) is 2. The van der Waals surface area contributed by atoms with Gasteiger partial charge in [-0.2, -0.15) is 4.99 Å². The molecule has 2 atom stereocenters. The molecule has 8 nitrogen and oxygen atoms in total. The van der Waals surface area contributed by atoms with Crippen molar-refractivity contribution < 1.29 is 0 Å². The van der Waals surface area contributed by atoms with Crippen molar-refractivity contribution in [2.24, 2.45) is 21.5 Å². The number of likely N-dealkylation sites (N-methyl/N-ethyl adjacent to an activating group) is 1. The summed E-state index contributed by atoms with van der Waals surface area (Å²) in [6.45, 7) is 5.47. The summed E-state index contributed by atoms with van der Waals surface area (Å²) in [5, 5.41) is 1.04. The van der Waals surface area contributed by atoms with Crippen LogP contribution in [0.3, 0.4) is 0 Å². The number of fused-ring (bicyclic) bond motifs is 1. The average molecular weight is 463 g/mol. The first-order valence-corrected chi connectivity index (χ1v) is 13.0. The van der Waals surface area contributed by atoms with E-state index in [0.29, 0.717) is 24.0 Å². The molecule has 1 aromatic carbocycles.